The third-order valence-corrected chi connectivity index (χ3v) is 4.16. The van der Waals surface area contributed by atoms with E-state index >= 15 is 0 Å². The second kappa shape index (κ2) is 7.79. The second-order valence-electron chi connectivity index (χ2n) is 5.45. The Kier molecular flexibility index (Phi) is 6.59. The molecule has 0 aliphatic carbocycles. The van der Waals surface area contributed by atoms with E-state index in [2.05, 4.69) is 4.18 Å². The molecule has 9 nitrogen and oxygen atoms in total. The van der Waals surface area contributed by atoms with Crippen LogP contribution in [0.3, 0.4) is 0 Å². The van der Waals surface area contributed by atoms with E-state index in [1.54, 1.807) is 12.1 Å². The average molecular weight is 348 g/mol. The second-order valence-corrected chi connectivity index (χ2v) is 6.60. The lowest BCUT2D eigenvalue weighted by molar-refractivity contribution is -0.924. The highest BCUT2D eigenvalue weighted by Gasteiger charge is 2.32. The normalized spacial score (nSPS) is 20.2. The van der Waals surface area contributed by atoms with E-state index in [9.17, 15) is 23.1 Å². The molecule has 1 aliphatic heterocycles. The summed E-state index contributed by atoms with van der Waals surface area (Å²) in [5, 5.41) is 20.1. The SMILES string of the molecule is COS(=O)(=O)[O-].C[N+]1(CCO)CCc2cccc([N+](=O)[O-])c2C1. The number of nitrogens with zero attached hydrogens (tertiary/aromatic N) is 2. The van der Waals surface area contributed by atoms with Gasteiger partial charge >= 0.3 is 0 Å². The summed E-state index contributed by atoms with van der Waals surface area (Å²) in [4.78, 5) is 10.7. The van der Waals surface area contributed by atoms with Gasteiger partial charge in [-0.3, -0.25) is 14.3 Å². The van der Waals surface area contributed by atoms with E-state index < -0.39 is 10.4 Å². The number of benzene rings is 1. The fourth-order valence-electron chi connectivity index (χ4n) is 2.49. The first-order valence-corrected chi connectivity index (χ1v) is 8.16. The molecule has 0 bridgehead atoms. The number of quaternary nitrogens is 1. The molecule has 1 aliphatic rings. The van der Waals surface area contributed by atoms with Gasteiger partial charge in [0.15, 0.2) is 0 Å². The summed E-state index contributed by atoms with van der Waals surface area (Å²) in [6, 6.07) is 5.27. The molecule has 0 saturated carbocycles. The molecule has 23 heavy (non-hydrogen) atoms. The first-order valence-electron chi connectivity index (χ1n) is 6.83. The molecule has 0 radical (unpaired) electrons. The van der Waals surface area contributed by atoms with Gasteiger partial charge in [0.1, 0.15) is 13.1 Å². The van der Waals surface area contributed by atoms with Gasteiger partial charge in [0.2, 0.25) is 10.4 Å². The molecule has 1 heterocycles. The first-order chi connectivity index (χ1) is 10.6. The van der Waals surface area contributed by atoms with Crippen LogP contribution in [0.15, 0.2) is 18.2 Å². The molecule has 0 saturated heterocycles. The van der Waals surface area contributed by atoms with Gasteiger partial charge in [0.05, 0.1) is 37.8 Å². The van der Waals surface area contributed by atoms with Crippen LogP contribution >= 0.6 is 0 Å². The summed E-state index contributed by atoms with van der Waals surface area (Å²) in [5.41, 5.74) is 2.12. The molecule has 10 heteroatoms. The Balaban J connectivity index is 0.000000379. The minimum Gasteiger partial charge on any atom is -0.726 e. The summed E-state index contributed by atoms with van der Waals surface area (Å²) in [6.45, 7) is 2.32. The number of likely N-dealkylation sites (N-methyl/N-ethyl adjacent to an activating group) is 1. The van der Waals surface area contributed by atoms with Crippen LogP contribution in [0, 0.1) is 10.1 Å². The molecule has 130 valence electrons. The number of hydrogen-bond donors (Lipinski definition) is 1. The molecule has 0 amide bonds. The van der Waals surface area contributed by atoms with Gasteiger partial charge in [-0.1, -0.05) is 12.1 Å². The van der Waals surface area contributed by atoms with Crippen LogP contribution in [0.1, 0.15) is 11.1 Å². The van der Waals surface area contributed by atoms with Gasteiger partial charge in [-0.05, 0) is 5.56 Å². The number of fused-ring (bicyclic) bond motifs is 1. The first kappa shape index (κ1) is 19.5. The fourth-order valence-corrected chi connectivity index (χ4v) is 2.49. The Morgan fingerprint density at radius 2 is 2.04 bits per heavy atom. The molecule has 0 spiro atoms. The van der Waals surface area contributed by atoms with Crippen molar-refractivity contribution < 1.29 is 31.7 Å². The maximum Gasteiger partial charge on any atom is 0.278 e. The number of aliphatic hydroxyl groups excluding tert-OH is 1. The van der Waals surface area contributed by atoms with Crippen LogP contribution < -0.4 is 0 Å². The monoisotopic (exact) mass is 348 g/mol. The lowest BCUT2D eigenvalue weighted by Gasteiger charge is -2.37. The summed E-state index contributed by atoms with van der Waals surface area (Å²) in [6.07, 6.45) is 0.841. The van der Waals surface area contributed by atoms with E-state index in [4.69, 9.17) is 5.11 Å². The smallest absolute Gasteiger partial charge is 0.278 e. The van der Waals surface area contributed by atoms with Crippen LogP contribution in [0.25, 0.3) is 0 Å². The molecule has 0 aromatic heterocycles. The number of hydrogen-bond acceptors (Lipinski definition) is 7. The maximum absolute atomic E-state index is 11.0. The van der Waals surface area contributed by atoms with Gasteiger partial charge in [-0.15, -0.1) is 0 Å². The highest BCUT2D eigenvalue weighted by molar-refractivity contribution is 7.80. The highest BCUT2D eigenvalue weighted by atomic mass is 32.3. The Morgan fingerprint density at radius 1 is 1.43 bits per heavy atom. The van der Waals surface area contributed by atoms with Gasteiger partial charge < -0.3 is 14.1 Å². The Labute approximate surface area is 134 Å². The standard InChI is InChI=1S/C12H17N2O3.CH4O4S/c1-14(7-8-15)6-5-10-3-2-4-12(13(16)17)11(10)9-14;1-5-6(2,3)4/h2-4,15H,5-9H2,1H3;1H3,(H,2,3,4)/q+1;/p-1. The van der Waals surface area contributed by atoms with Crippen molar-refractivity contribution in [2.24, 2.45) is 0 Å². The molecule has 2 rings (SSSR count). The van der Waals surface area contributed by atoms with Crippen molar-refractivity contribution in [3.8, 4) is 0 Å². The largest absolute Gasteiger partial charge is 0.726 e. The number of aliphatic hydroxyl groups is 1. The van der Waals surface area contributed by atoms with E-state index in [0.717, 1.165) is 31.2 Å². The molecular formula is C13H20N2O7S. The third kappa shape index (κ3) is 5.84. The van der Waals surface area contributed by atoms with Gasteiger partial charge in [0, 0.05) is 12.5 Å². The summed E-state index contributed by atoms with van der Waals surface area (Å²) < 4.78 is 31.7. The van der Waals surface area contributed by atoms with Crippen molar-refractivity contribution in [2.75, 3.05) is 33.9 Å². The predicted octanol–water partition coefficient (Wildman–Crippen LogP) is 0.183. The van der Waals surface area contributed by atoms with Crippen LogP contribution in [0.5, 0.6) is 0 Å². The molecular weight excluding hydrogens is 328 g/mol. The molecule has 1 aromatic carbocycles. The van der Waals surface area contributed by atoms with E-state index in [0.29, 0.717) is 17.6 Å². The quantitative estimate of drug-likeness (QED) is 0.270. The molecule has 1 unspecified atom stereocenters. The maximum atomic E-state index is 11.0. The zero-order chi connectivity index (χ0) is 17.7. The van der Waals surface area contributed by atoms with Gasteiger partial charge in [-0.25, -0.2) is 8.42 Å². The number of rotatable bonds is 4. The van der Waals surface area contributed by atoms with Gasteiger partial charge in [0.25, 0.3) is 5.69 Å². The molecule has 1 aromatic rings. The highest BCUT2D eigenvalue weighted by Crippen LogP contribution is 2.30. The topological polar surface area (TPSA) is 130 Å². The van der Waals surface area contributed by atoms with Crippen molar-refractivity contribution in [1.29, 1.82) is 0 Å². The van der Waals surface area contributed by atoms with Crippen LogP contribution in [0.2, 0.25) is 0 Å². The van der Waals surface area contributed by atoms with Crippen molar-refractivity contribution >= 4 is 16.1 Å². The van der Waals surface area contributed by atoms with Crippen molar-refractivity contribution in [1.82, 2.24) is 0 Å². The lowest BCUT2D eigenvalue weighted by Crippen LogP contribution is -2.49. The third-order valence-electron chi connectivity index (χ3n) is 3.75. The van der Waals surface area contributed by atoms with Crippen molar-refractivity contribution in [3.63, 3.8) is 0 Å². The van der Waals surface area contributed by atoms with Crippen molar-refractivity contribution in [3.05, 3.63) is 39.4 Å². The van der Waals surface area contributed by atoms with Crippen molar-refractivity contribution in [2.45, 2.75) is 13.0 Å². The molecule has 1 N–H and O–H groups in total. The Bertz CT molecular complexity index is 662. The average Bonchev–Trinajstić information content (AvgIpc) is 2.46. The van der Waals surface area contributed by atoms with E-state index in [-0.39, 0.29) is 17.2 Å². The number of nitro groups is 1. The zero-order valence-electron chi connectivity index (χ0n) is 13.0. The lowest BCUT2D eigenvalue weighted by atomic mass is 9.96. The molecule has 1 atom stereocenters. The zero-order valence-corrected chi connectivity index (χ0v) is 13.8. The fraction of sp³-hybridized carbons (Fsp3) is 0.538. The summed E-state index contributed by atoms with van der Waals surface area (Å²) in [5.74, 6) is 0. The van der Waals surface area contributed by atoms with Crippen LogP contribution in [0.4, 0.5) is 5.69 Å². The Morgan fingerprint density at radius 3 is 2.52 bits per heavy atom. The van der Waals surface area contributed by atoms with Gasteiger partial charge in [-0.2, -0.15) is 0 Å². The van der Waals surface area contributed by atoms with E-state index in [1.165, 1.54) is 0 Å². The summed E-state index contributed by atoms with van der Waals surface area (Å²) >= 11 is 0. The molecule has 0 fully saturated rings. The van der Waals surface area contributed by atoms with Crippen LogP contribution in [-0.4, -0.2) is 61.3 Å². The number of nitro benzene ring substituents is 1. The minimum atomic E-state index is -4.41. The van der Waals surface area contributed by atoms with Crippen LogP contribution in [-0.2, 0) is 27.5 Å². The predicted molar refractivity (Wildman–Crippen MR) is 80.2 cm³/mol. The minimum absolute atomic E-state index is 0.118. The Hall–Kier alpha value is -1.59. The summed E-state index contributed by atoms with van der Waals surface area (Å²) in [7, 11) is -1.57. The van der Waals surface area contributed by atoms with E-state index in [1.807, 2.05) is 13.1 Å².